The van der Waals surface area contributed by atoms with Gasteiger partial charge < -0.3 is 19.5 Å². The quantitative estimate of drug-likeness (QED) is 0.894. The summed E-state index contributed by atoms with van der Waals surface area (Å²) < 4.78 is 24.0. The SMILES string of the molecule is CC(C)(C)OC(=O)N1CC[C@H](Oc2ccc(F)cc2Cl)[C@@H](O)C1. The Hall–Kier alpha value is -1.53. The van der Waals surface area contributed by atoms with Gasteiger partial charge in [-0.25, -0.2) is 9.18 Å². The number of halogens is 2. The van der Waals surface area contributed by atoms with Crippen LogP contribution >= 0.6 is 11.6 Å². The standard InChI is InChI=1S/C16H21ClFNO4/c1-16(2,3)23-15(21)19-7-6-14(12(20)9-19)22-13-5-4-10(18)8-11(13)17/h4-5,8,12,14,20H,6-7,9H2,1-3H3/t12-,14-/m0/s1. The van der Waals surface area contributed by atoms with Gasteiger partial charge in [-0.15, -0.1) is 0 Å². The van der Waals surface area contributed by atoms with Crippen LogP contribution in [-0.4, -0.2) is 47.0 Å². The highest BCUT2D eigenvalue weighted by Gasteiger charge is 2.34. The molecule has 7 heteroatoms. The van der Waals surface area contributed by atoms with Crippen LogP contribution < -0.4 is 4.74 Å². The predicted molar refractivity (Wildman–Crippen MR) is 84.3 cm³/mol. The molecule has 0 spiro atoms. The molecule has 5 nitrogen and oxygen atoms in total. The molecular weight excluding hydrogens is 325 g/mol. The van der Waals surface area contributed by atoms with E-state index < -0.39 is 29.7 Å². The van der Waals surface area contributed by atoms with Gasteiger partial charge in [0, 0.05) is 13.0 Å². The Morgan fingerprint density at radius 1 is 1.43 bits per heavy atom. The minimum atomic E-state index is -0.877. The van der Waals surface area contributed by atoms with Gasteiger partial charge in [0.05, 0.1) is 11.6 Å². The van der Waals surface area contributed by atoms with Crippen molar-refractivity contribution in [3.05, 3.63) is 29.0 Å². The average molecular weight is 346 g/mol. The summed E-state index contributed by atoms with van der Waals surface area (Å²) in [6, 6.07) is 3.81. The number of hydrogen-bond acceptors (Lipinski definition) is 4. The van der Waals surface area contributed by atoms with Crippen molar-refractivity contribution in [2.24, 2.45) is 0 Å². The summed E-state index contributed by atoms with van der Waals surface area (Å²) >= 11 is 5.92. The molecule has 0 saturated carbocycles. The molecule has 1 aliphatic heterocycles. The average Bonchev–Trinajstić information content (AvgIpc) is 2.41. The zero-order chi connectivity index (χ0) is 17.2. The van der Waals surface area contributed by atoms with E-state index in [4.69, 9.17) is 21.1 Å². The van der Waals surface area contributed by atoms with Gasteiger partial charge in [-0.2, -0.15) is 0 Å². The zero-order valence-electron chi connectivity index (χ0n) is 13.4. The first kappa shape index (κ1) is 17.8. The molecule has 1 amide bonds. The smallest absolute Gasteiger partial charge is 0.410 e. The van der Waals surface area contributed by atoms with Gasteiger partial charge in [0.25, 0.3) is 0 Å². The van der Waals surface area contributed by atoms with Crippen LogP contribution in [0.25, 0.3) is 0 Å². The van der Waals surface area contributed by atoms with E-state index >= 15 is 0 Å². The molecule has 1 saturated heterocycles. The van der Waals surface area contributed by atoms with E-state index in [0.29, 0.717) is 18.7 Å². The number of carbonyl (C=O) groups excluding carboxylic acids is 1. The third-order valence-corrected chi connectivity index (χ3v) is 3.64. The minimum absolute atomic E-state index is 0.110. The van der Waals surface area contributed by atoms with Crippen molar-refractivity contribution >= 4 is 17.7 Å². The fourth-order valence-corrected chi connectivity index (χ4v) is 2.49. The maximum atomic E-state index is 13.0. The number of rotatable bonds is 2. The number of aliphatic hydroxyl groups excluding tert-OH is 1. The van der Waals surface area contributed by atoms with Crippen molar-refractivity contribution in [1.29, 1.82) is 0 Å². The topological polar surface area (TPSA) is 59.0 Å². The molecule has 128 valence electrons. The number of nitrogens with zero attached hydrogens (tertiary/aromatic N) is 1. The maximum absolute atomic E-state index is 13.0. The number of carbonyl (C=O) groups is 1. The fourth-order valence-electron chi connectivity index (χ4n) is 2.27. The second kappa shape index (κ2) is 6.93. The highest BCUT2D eigenvalue weighted by molar-refractivity contribution is 6.32. The van der Waals surface area contributed by atoms with Crippen molar-refractivity contribution in [2.45, 2.75) is 45.0 Å². The predicted octanol–water partition coefficient (Wildman–Crippen LogP) is 3.23. The number of benzene rings is 1. The molecule has 2 rings (SSSR count). The van der Waals surface area contributed by atoms with Crippen molar-refractivity contribution in [2.75, 3.05) is 13.1 Å². The highest BCUT2D eigenvalue weighted by Crippen LogP contribution is 2.28. The van der Waals surface area contributed by atoms with Crippen LogP contribution in [-0.2, 0) is 4.74 Å². The Balaban J connectivity index is 1.95. The lowest BCUT2D eigenvalue weighted by molar-refractivity contribution is -0.0374. The molecule has 1 N–H and O–H groups in total. The zero-order valence-corrected chi connectivity index (χ0v) is 14.1. The van der Waals surface area contributed by atoms with Gasteiger partial charge in [-0.1, -0.05) is 11.6 Å². The minimum Gasteiger partial charge on any atom is -0.486 e. The molecule has 0 aromatic heterocycles. The van der Waals surface area contributed by atoms with E-state index in [1.807, 2.05) is 0 Å². The largest absolute Gasteiger partial charge is 0.486 e. The summed E-state index contributed by atoms with van der Waals surface area (Å²) in [4.78, 5) is 13.5. The summed E-state index contributed by atoms with van der Waals surface area (Å²) in [5.74, 6) is -0.148. The molecule has 1 fully saturated rings. The molecule has 0 aliphatic carbocycles. The molecule has 0 radical (unpaired) electrons. The van der Waals surface area contributed by atoms with Crippen LogP contribution in [0.3, 0.4) is 0 Å². The van der Waals surface area contributed by atoms with Crippen LogP contribution in [0.15, 0.2) is 18.2 Å². The van der Waals surface area contributed by atoms with Gasteiger partial charge in [0.2, 0.25) is 0 Å². The number of likely N-dealkylation sites (tertiary alicyclic amines) is 1. The lowest BCUT2D eigenvalue weighted by atomic mass is 10.1. The van der Waals surface area contributed by atoms with E-state index in [0.717, 1.165) is 6.07 Å². The number of hydrogen-bond donors (Lipinski definition) is 1. The van der Waals surface area contributed by atoms with Crippen LogP contribution in [0.1, 0.15) is 27.2 Å². The summed E-state index contributed by atoms with van der Waals surface area (Å²) in [7, 11) is 0. The van der Waals surface area contributed by atoms with E-state index in [9.17, 15) is 14.3 Å². The molecule has 0 bridgehead atoms. The summed E-state index contributed by atoms with van der Waals surface area (Å²) in [5, 5.41) is 10.3. The monoisotopic (exact) mass is 345 g/mol. The lowest BCUT2D eigenvalue weighted by Gasteiger charge is -2.36. The van der Waals surface area contributed by atoms with Crippen LogP contribution in [0.5, 0.6) is 5.75 Å². The number of ether oxygens (including phenoxy) is 2. The van der Waals surface area contributed by atoms with Gasteiger partial charge in [-0.05, 0) is 39.0 Å². The van der Waals surface area contributed by atoms with E-state index in [-0.39, 0.29) is 11.6 Å². The molecule has 1 aliphatic rings. The normalized spacial score (nSPS) is 21.9. The van der Waals surface area contributed by atoms with Crippen LogP contribution in [0, 0.1) is 5.82 Å². The Morgan fingerprint density at radius 3 is 2.70 bits per heavy atom. The summed E-state index contributed by atoms with van der Waals surface area (Å²) in [6.45, 7) is 5.86. The lowest BCUT2D eigenvalue weighted by Crippen LogP contribution is -2.52. The molecule has 1 aromatic carbocycles. The van der Waals surface area contributed by atoms with E-state index in [2.05, 4.69) is 0 Å². The van der Waals surface area contributed by atoms with Crippen LogP contribution in [0.2, 0.25) is 5.02 Å². The number of β-amino-alcohol motifs (C(OH)–C–C–N with tert-alkyl or cyclic N) is 1. The molecular formula is C16H21ClFNO4. The summed E-state index contributed by atoms with van der Waals surface area (Å²) in [5.41, 5.74) is -0.586. The highest BCUT2D eigenvalue weighted by atomic mass is 35.5. The van der Waals surface area contributed by atoms with E-state index in [1.54, 1.807) is 20.8 Å². The fraction of sp³-hybridized carbons (Fsp3) is 0.562. The van der Waals surface area contributed by atoms with Gasteiger partial charge in [0.15, 0.2) is 0 Å². The molecule has 2 atom stereocenters. The second-order valence-corrected chi connectivity index (χ2v) is 6.92. The van der Waals surface area contributed by atoms with Gasteiger partial charge >= 0.3 is 6.09 Å². The molecule has 1 aromatic rings. The Kier molecular flexibility index (Phi) is 5.37. The van der Waals surface area contributed by atoms with Crippen molar-refractivity contribution in [3.63, 3.8) is 0 Å². The van der Waals surface area contributed by atoms with Gasteiger partial charge in [-0.3, -0.25) is 0 Å². The van der Waals surface area contributed by atoms with Crippen molar-refractivity contribution < 1.29 is 23.8 Å². The Bertz CT molecular complexity index is 576. The van der Waals surface area contributed by atoms with Crippen molar-refractivity contribution in [3.8, 4) is 5.75 Å². The molecule has 0 unspecified atom stereocenters. The molecule has 23 heavy (non-hydrogen) atoms. The molecule has 1 heterocycles. The van der Waals surface area contributed by atoms with Crippen molar-refractivity contribution in [1.82, 2.24) is 4.90 Å². The number of piperidine rings is 1. The van der Waals surface area contributed by atoms with E-state index in [1.165, 1.54) is 17.0 Å². The number of aliphatic hydroxyl groups is 1. The Labute approximate surface area is 139 Å². The van der Waals surface area contributed by atoms with Gasteiger partial charge in [0.1, 0.15) is 29.4 Å². The third-order valence-electron chi connectivity index (χ3n) is 3.34. The maximum Gasteiger partial charge on any atom is 0.410 e. The van der Waals surface area contributed by atoms with Crippen LogP contribution in [0.4, 0.5) is 9.18 Å². The second-order valence-electron chi connectivity index (χ2n) is 6.51. The Morgan fingerprint density at radius 2 is 2.13 bits per heavy atom. The first-order chi connectivity index (χ1) is 10.7. The first-order valence-electron chi connectivity index (χ1n) is 7.43. The first-order valence-corrected chi connectivity index (χ1v) is 7.81. The third kappa shape index (κ3) is 4.97. The summed E-state index contributed by atoms with van der Waals surface area (Å²) in [6.07, 6.45) is -1.43. The number of amides is 1.